The highest BCUT2D eigenvalue weighted by atomic mass is 16.7. The van der Waals surface area contributed by atoms with Gasteiger partial charge in [-0.2, -0.15) is 0 Å². The molecule has 3 nitrogen and oxygen atoms in total. The van der Waals surface area contributed by atoms with Crippen molar-refractivity contribution >= 4 is 6.16 Å². The van der Waals surface area contributed by atoms with Crippen LogP contribution in [0.25, 0.3) is 0 Å². The summed E-state index contributed by atoms with van der Waals surface area (Å²) in [6.07, 6.45) is 12.8. The maximum Gasteiger partial charge on any atom is 0.513 e. The monoisotopic (exact) mass is 376 g/mol. The summed E-state index contributed by atoms with van der Waals surface area (Å²) in [7, 11) is 0. The van der Waals surface area contributed by atoms with E-state index in [4.69, 9.17) is 9.47 Å². The molecule has 0 heterocycles. The van der Waals surface area contributed by atoms with Crippen molar-refractivity contribution in [1.82, 2.24) is 0 Å². The van der Waals surface area contributed by atoms with Crippen LogP contribution >= 0.6 is 0 Å². The van der Waals surface area contributed by atoms with E-state index < -0.39 is 6.16 Å². The number of hydrogen-bond acceptors (Lipinski definition) is 3. The van der Waals surface area contributed by atoms with E-state index in [1.54, 1.807) is 0 Å². The molecule has 0 amide bonds. The third-order valence-electron chi connectivity index (χ3n) is 4.92. The van der Waals surface area contributed by atoms with Crippen LogP contribution in [0.3, 0.4) is 0 Å². The molecule has 0 unspecified atom stereocenters. The summed E-state index contributed by atoms with van der Waals surface area (Å²) in [6.45, 7) is 9.24. The van der Waals surface area contributed by atoms with Crippen molar-refractivity contribution in [2.24, 2.45) is 0 Å². The van der Waals surface area contributed by atoms with Crippen molar-refractivity contribution in [2.75, 3.05) is 6.61 Å². The lowest BCUT2D eigenvalue weighted by Gasteiger charge is -2.18. The fourth-order valence-electron chi connectivity index (χ4n) is 3.56. The Morgan fingerprint density at radius 2 is 1.37 bits per heavy atom. The molecule has 0 aliphatic carbocycles. The van der Waals surface area contributed by atoms with Crippen LogP contribution in [0.2, 0.25) is 0 Å². The molecule has 3 heteroatoms. The summed E-state index contributed by atoms with van der Waals surface area (Å²) in [5.74, 6) is 0.688. The van der Waals surface area contributed by atoms with Gasteiger partial charge in [0.2, 0.25) is 0 Å². The number of unbranched alkanes of at least 4 members (excludes halogenated alkanes) is 5. The summed E-state index contributed by atoms with van der Waals surface area (Å²) in [6, 6.07) is 4.09. The summed E-state index contributed by atoms with van der Waals surface area (Å²) < 4.78 is 10.9. The number of ether oxygens (including phenoxy) is 2. The maximum atomic E-state index is 12.1. The summed E-state index contributed by atoms with van der Waals surface area (Å²) >= 11 is 0. The summed E-state index contributed by atoms with van der Waals surface area (Å²) in [5, 5.41) is 0. The van der Waals surface area contributed by atoms with Crippen molar-refractivity contribution in [3.05, 3.63) is 28.8 Å². The zero-order chi connectivity index (χ0) is 19.9. The van der Waals surface area contributed by atoms with Crippen molar-refractivity contribution in [3.63, 3.8) is 0 Å². The van der Waals surface area contributed by atoms with Gasteiger partial charge in [0.05, 0.1) is 6.61 Å². The largest absolute Gasteiger partial charge is 0.513 e. The third kappa shape index (κ3) is 8.81. The molecule has 0 aliphatic heterocycles. The van der Waals surface area contributed by atoms with Crippen molar-refractivity contribution in [3.8, 4) is 5.75 Å². The van der Waals surface area contributed by atoms with Gasteiger partial charge in [0.1, 0.15) is 5.75 Å². The fourth-order valence-corrected chi connectivity index (χ4v) is 3.56. The second kappa shape index (κ2) is 14.5. The smallest absolute Gasteiger partial charge is 0.434 e. The molecule has 1 aromatic carbocycles. The number of aryl methyl sites for hydroxylation is 1. The predicted octanol–water partition coefficient (Wildman–Crippen LogP) is 7.42. The van der Waals surface area contributed by atoms with E-state index in [0.717, 1.165) is 51.4 Å². The molecule has 0 N–H and O–H groups in total. The highest BCUT2D eigenvalue weighted by molar-refractivity contribution is 5.65. The highest BCUT2D eigenvalue weighted by Crippen LogP contribution is 2.29. The minimum absolute atomic E-state index is 0.448. The van der Waals surface area contributed by atoms with Crippen LogP contribution in [0.1, 0.15) is 102 Å². The van der Waals surface area contributed by atoms with Gasteiger partial charge in [-0.15, -0.1) is 0 Å². The first-order valence-corrected chi connectivity index (χ1v) is 11.2. The lowest BCUT2D eigenvalue weighted by atomic mass is 9.91. The quantitative estimate of drug-likeness (QED) is 0.192. The van der Waals surface area contributed by atoms with Crippen LogP contribution in [0.5, 0.6) is 5.75 Å². The molecule has 0 atom stereocenters. The minimum atomic E-state index is -0.563. The predicted molar refractivity (Wildman–Crippen MR) is 114 cm³/mol. The molecule has 0 saturated heterocycles. The van der Waals surface area contributed by atoms with Gasteiger partial charge in [0, 0.05) is 0 Å². The SMILES string of the molecule is CCCCCCCCOC(=O)Oc1ccc(CCC)c(CCC)c1CCC. The van der Waals surface area contributed by atoms with E-state index in [1.165, 1.54) is 42.4 Å². The minimum Gasteiger partial charge on any atom is -0.434 e. The van der Waals surface area contributed by atoms with Gasteiger partial charge in [0.15, 0.2) is 0 Å². The molecule has 1 aromatic rings. The van der Waals surface area contributed by atoms with Crippen LogP contribution in [0, 0.1) is 0 Å². The molecule has 0 spiro atoms. The number of carbonyl (C=O) groups is 1. The van der Waals surface area contributed by atoms with Crippen LogP contribution in [-0.4, -0.2) is 12.8 Å². The molecule has 0 bridgehead atoms. The Balaban J connectivity index is 2.66. The van der Waals surface area contributed by atoms with Gasteiger partial charge in [-0.3, -0.25) is 0 Å². The topological polar surface area (TPSA) is 35.5 Å². The second-order valence-corrected chi connectivity index (χ2v) is 7.40. The Bertz CT molecular complexity index is 537. The van der Waals surface area contributed by atoms with E-state index >= 15 is 0 Å². The Hall–Kier alpha value is -1.51. The highest BCUT2D eigenvalue weighted by Gasteiger charge is 2.16. The first kappa shape index (κ1) is 23.5. The van der Waals surface area contributed by atoms with Crippen molar-refractivity contribution in [2.45, 2.75) is 105 Å². The van der Waals surface area contributed by atoms with Gasteiger partial charge in [-0.25, -0.2) is 4.79 Å². The summed E-state index contributed by atoms with van der Waals surface area (Å²) in [5.41, 5.74) is 3.97. The molecule has 0 aromatic heterocycles. The molecule has 0 saturated carbocycles. The summed E-state index contributed by atoms with van der Waals surface area (Å²) in [4.78, 5) is 12.1. The average Bonchev–Trinajstić information content (AvgIpc) is 2.65. The zero-order valence-electron chi connectivity index (χ0n) is 18.1. The van der Waals surface area contributed by atoms with Crippen LogP contribution in [0.15, 0.2) is 12.1 Å². The van der Waals surface area contributed by atoms with Crippen molar-refractivity contribution in [1.29, 1.82) is 0 Å². The number of rotatable bonds is 14. The average molecular weight is 377 g/mol. The van der Waals surface area contributed by atoms with E-state index in [1.807, 2.05) is 6.07 Å². The Labute approximate surface area is 166 Å². The zero-order valence-corrected chi connectivity index (χ0v) is 18.1. The van der Waals surface area contributed by atoms with Crippen LogP contribution < -0.4 is 4.74 Å². The molecular weight excluding hydrogens is 336 g/mol. The molecule has 0 aliphatic rings. The van der Waals surface area contributed by atoms with Gasteiger partial charge >= 0.3 is 6.16 Å². The molecule has 1 rings (SSSR count). The van der Waals surface area contributed by atoms with E-state index in [2.05, 4.69) is 33.8 Å². The Morgan fingerprint density at radius 1 is 0.741 bits per heavy atom. The lowest BCUT2D eigenvalue weighted by molar-refractivity contribution is 0.0969. The molecule has 0 fully saturated rings. The lowest BCUT2D eigenvalue weighted by Crippen LogP contribution is -2.14. The van der Waals surface area contributed by atoms with Gasteiger partial charge in [-0.1, -0.05) is 85.1 Å². The standard InChI is InChI=1S/C24H40O3/c1-5-9-10-11-12-13-19-26-24(25)27-23-18-17-20(14-6-2)21(15-7-3)22(23)16-8-4/h17-18H,5-16,19H2,1-4H3. The fraction of sp³-hybridized carbons (Fsp3) is 0.708. The van der Waals surface area contributed by atoms with Crippen LogP contribution in [0.4, 0.5) is 4.79 Å². The van der Waals surface area contributed by atoms with E-state index in [9.17, 15) is 4.79 Å². The molecule has 27 heavy (non-hydrogen) atoms. The van der Waals surface area contributed by atoms with E-state index in [-0.39, 0.29) is 0 Å². The van der Waals surface area contributed by atoms with Gasteiger partial charge in [-0.05, 0) is 48.4 Å². The first-order chi connectivity index (χ1) is 13.2. The number of carbonyl (C=O) groups excluding carboxylic acids is 1. The maximum absolute atomic E-state index is 12.1. The molecule has 154 valence electrons. The first-order valence-electron chi connectivity index (χ1n) is 11.2. The van der Waals surface area contributed by atoms with Gasteiger partial charge in [0.25, 0.3) is 0 Å². The number of hydrogen-bond donors (Lipinski definition) is 0. The second-order valence-electron chi connectivity index (χ2n) is 7.40. The van der Waals surface area contributed by atoms with Gasteiger partial charge < -0.3 is 9.47 Å². The van der Waals surface area contributed by atoms with E-state index in [0.29, 0.717) is 12.4 Å². The number of benzene rings is 1. The normalized spacial score (nSPS) is 10.8. The van der Waals surface area contributed by atoms with Crippen molar-refractivity contribution < 1.29 is 14.3 Å². The Kier molecular flexibility index (Phi) is 12.7. The Morgan fingerprint density at radius 3 is 2.04 bits per heavy atom. The molecular formula is C24H40O3. The molecule has 0 radical (unpaired) electrons. The third-order valence-corrected chi connectivity index (χ3v) is 4.92. The van der Waals surface area contributed by atoms with Crippen LogP contribution in [-0.2, 0) is 24.0 Å².